The minimum absolute atomic E-state index is 0.00190. The van der Waals surface area contributed by atoms with Crippen LogP contribution in [0, 0.1) is 18.6 Å². The summed E-state index contributed by atoms with van der Waals surface area (Å²) in [6, 6.07) is 8.62. The van der Waals surface area contributed by atoms with Crippen molar-refractivity contribution < 1.29 is 23.5 Å². The Morgan fingerprint density at radius 3 is 2.43 bits per heavy atom. The topological polar surface area (TPSA) is 94.8 Å². The molecule has 5 rings (SSSR count). The summed E-state index contributed by atoms with van der Waals surface area (Å²) in [6.07, 6.45) is 2.77. The number of anilines is 1. The molecule has 0 saturated carbocycles. The Morgan fingerprint density at radius 1 is 0.973 bits per heavy atom. The summed E-state index contributed by atoms with van der Waals surface area (Å²) in [7, 11) is 0. The van der Waals surface area contributed by atoms with Crippen LogP contribution in [0.15, 0.2) is 49.1 Å². The van der Waals surface area contributed by atoms with E-state index in [1.165, 1.54) is 28.3 Å². The van der Waals surface area contributed by atoms with Crippen LogP contribution in [0.3, 0.4) is 0 Å². The number of amides is 1. The molecule has 1 N–H and O–H groups in total. The molecule has 1 amide bonds. The summed E-state index contributed by atoms with van der Waals surface area (Å²) in [6.45, 7) is 5.50. The van der Waals surface area contributed by atoms with Gasteiger partial charge in [-0.3, -0.25) is 19.4 Å². The van der Waals surface area contributed by atoms with Crippen molar-refractivity contribution in [2.75, 3.05) is 50.7 Å². The van der Waals surface area contributed by atoms with Gasteiger partial charge in [0.05, 0.1) is 17.8 Å². The lowest BCUT2D eigenvalue weighted by atomic mass is 9.92. The third-order valence-corrected chi connectivity index (χ3v) is 7.04. The van der Waals surface area contributed by atoms with Crippen molar-refractivity contribution in [1.82, 2.24) is 24.6 Å². The zero-order valence-electron chi connectivity index (χ0n) is 20.5. The van der Waals surface area contributed by atoms with E-state index < -0.39 is 28.9 Å². The van der Waals surface area contributed by atoms with E-state index in [-0.39, 0.29) is 18.7 Å². The lowest BCUT2D eigenvalue weighted by Crippen LogP contribution is -2.53. The highest BCUT2D eigenvalue weighted by Crippen LogP contribution is 2.30. The zero-order chi connectivity index (χ0) is 26.2. The van der Waals surface area contributed by atoms with Gasteiger partial charge in [0.15, 0.2) is 0 Å². The molecule has 9 nitrogen and oxygen atoms in total. The van der Waals surface area contributed by atoms with Crippen molar-refractivity contribution in [2.45, 2.75) is 19.1 Å². The van der Waals surface area contributed by atoms with E-state index in [9.17, 15) is 23.5 Å². The van der Waals surface area contributed by atoms with Gasteiger partial charge in [0.25, 0.3) is 11.7 Å². The Morgan fingerprint density at radius 2 is 1.73 bits per heavy atom. The van der Waals surface area contributed by atoms with Crippen LogP contribution in [0.4, 0.5) is 14.5 Å². The average molecular weight is 511 g/mol. The fraction of sp³-hybridized carbons (Fsp3) is 0.385. The van der Waals surface area contributed by atoms with E-state index in [0.717, 1.165) is 17.7 Å². The van der Waals surface area contributed by atoms with E-state index in [4.69, 9.17) is 0 Å². The first-order valence-corrected chi connectivity index (χ1v) is 12.2. The minimum Gasteiger partial charge on any atom is -0.382 e. The summed E-state index contributed by atoms with van der Waals surface area (Å²) in [5.41, 5.74) is 0.381. The third-order valence-electron chi connectivity index (χ3n) is 7.04. The molecule has 2 aliphatic heterocycles. The molecule has 1 atom stereocenters. The van der Waals surface area contributed by atoms with Crippen LogP contribution in [0.25, 0.3) is 0 Å². The molecule has 0 bridgehead atoms. The quantitative estimate of drug-likeness (QED) is 0.460. The van der Waals surface area contributed by atoms with E-state index in [1.54, 1.807) is 6.07 Å². The summed E-state index contributed by atoms with van der Waals surface area (Å²) < 4.78 is 29.7. The van der Waals surface area contributed by atoms with E-state index in [1.807, 2.05) is 24.0 Å². The predicted molar refractivity (Wildman–Crippen MR) is 131 cm³/mol. The molecule has 1 unspecified atom stereocenters. The summed E-state index contributed by atoms with van der Waals surface area (Å²) in [5.74, 6) is -2.50. The molecular weight excluding hydrogens is 482 g/mol. The number of β-amino-alcohol motifs (C(OH)–C–C–N with tert-alkyl or cyclic N) is 1. The Kier molecular flexibility index (Phi) is 6.84. The maximum atomic E-state index is 14.7. The van der Waals surface area contributed by atoms with Gasteiger partial charge in [-0.2, -0.15) is 5.10 Å². The number of ketones is 1. The number of aromatic nitrogens is 3. The molecule has 2 aromatic carbocycles. The molecule has 0 spiro atoms. The van der Waals surface area contributed by atoms with E-state index in [2.05, 4.69) is 15.0 Å². The van der Waals surface area contributed by atoms with Gasteiger partial charge in [0.2, 0.25) is 0 Å². The number of fused-ring (bicyclic) bond motifs is 1. The molecule has 11 heteroatoms. The first-order chi connectivity index (χ1) is 17.7. The molecule has 0 radical (unpaired) electrons. The van der Waals surface area contributed by atoms with Crippen LogP contribution in [0.2, 0.25) is 0 Å². The van der Waals surface area contributed by atoms with Crippen LogP contribution in [-0.2, 0) is 16.9 Å². The van der Waals surface area contributed by atoms with Gasteiger partial charge >= 0.3 is 0 Å². The van der Waals surface area contributed by atoms with Gasteiger partial charge in [0, 0.05) is 57.4 Å². The van der Waals surface area contributed by atoms with Gasteiger partial charge in [-0.25, -0.2) is 18.4 Å². The normalized spacial score (nSPS) is 18.3. The molecule has 2 aliphatic rings. The van der Waals surface area contributed by atoms with Crippen molar-refractivity contribution in [3.05, 3.63) is 77.4 Å². The number of benzene rings is 2. The number of halogens is 2. The number of hydrogen-bond acceptors (Lipinski definition) is 7. The van der Waals surface area contributed by atoms with Crippen molar-refractivity contribution in [1.29, 1.82) is 0 Å². The lowest BCUT2D eigenvalue weighted by molar-refractivity contribution is -0.114. The molecule has 1 saturated heterocycles. The van der Waals surface area contributed by atoms with Crippen LogP contribution in [0.5, 0.6) is 0 Å². The van der Waals surface area contributed by atoms with Crippen LogP contribution in [-0.4, -0.2) is 87.2 Å². The largest absolute Gasteiger partial charge is 0.382 e. The van der Waals surface area contributed by atoms with Crippen LogP contribution < -0.4 is 4.90 Å². The number of aryl methyl sites for hydroxylation is 1. The SMILES string of the molecule is Cc1ccc2c(c1)C(=O)C(=O)N2CCN1CCN(CC(O)(Cn2cncn2)c2ccc(F)cc2F)CC1. The number of piperazine rings is 1. The molecular formula is C26H28F2N6O3. The fourth-order valence-electron chi connectivity index (χ4n) is 5.09. The highest BCUT2D eigenvalue weighted by Gasteiger charge is 2.38. The Hall–Kier alpha value is -3.54. The van der Waals surface area contributed by atoms with Crippen LogP contribution >= 0.6 is 0 Å². The standard InChI is InChI=1S/C26H28F2N6O3/c1-18-2-5-23-20(12-18)24(35)25(36)34(23)11-10-31-6-8-32(9-7-31)14-26(37,15-33-17-29-16-30-33)21-4-3-19(27)13-22(21)28/h2-5,12-13,16-17,37H,6-11,14-15H2,1H3. The summed E-state index contributed by atoms with van der Waals surface area (Å²) in [5, 5.41) is 15.6. The highest BCUT2D eigenvalue weighted by molar-refractivity contribution is 6.52. The van der Waals surface area contributed by atoms with Crippen molar-refractivity contribution in [3.8, 4) is 0 Å². The second kappa shape index (κ2) is 10.1. The third kappa shape index (κ3) is 5.15. The predicted octanol–water partition coefficient (Wildman–Crippen LogP) is 1.60. The van der Waals surface area contributed by atoms with Crippen molar-refractivity contribution in [3.63, 3.8) is 0 Å². The average Bonchev–Trinajstić information content (AvgIpc) is 3.45. The van der Waals surface area contributed by atoms with Gasteiger partial charge in [-0.15, -0.1) is 0 Å². The smallest absolute Gasteiger partial charge is 0.299 e. The van der Waals surface area contributed by atoms with Gasteiger partial charge in [0.1, 0.15) is 29.9 Å². The van der Waals surface area contributed by atoms with E-state index >= 15 is 0 Å². The maximum Gasteiger partial charge on any atom is 0.299 e. The van der Waals surface area contributed by atoms with Crippen molar-refractivity contribution in [2.24, 2.45) is 0 Å². The summed E-state index contributed by atoms with van der Waals surface area (Å²) >= 11 is 0. The lowest BCUT2D eigenvalue weighted by Gasteiger charge is -2.40. The number of Topliss-reactive ketones (excluding diaryl/α,β-unsaturated/α-hetero) is 1. The number of hydrogen-bond donors (Lipinski definition) is 1. The van der Waals surface area contributed by atoms with Crippen LogP contribution in [0.1, 0.15) is 21.5 Å². The maximum absolute atomic E-state index is 14.7. The Balaban J connectivity index is 1.22. The first kappa shape index (κ1) is 25.1. The molecule has 0 aliphatic carbocycles. The molecule has 37 heavy (non-hydrogen) atoms. The number of nitrogens with zero attached hydrogens (tertiary/aromatic N) is 6. The molecule has 194 valence electrons. The molecule has 1 aromatic heterocycles. The number of rotatable bonds is 8. The van der Waals surface area contributed by atoms with Gasteiger partial charge in [-0.1, -0.05) is 17.7 Å². The Bertz CT molecular complexity index is 1310. The summed E-state index contributed by atoms with van der Waals surface area (Å²) in [4.78, 5) is 34.5. The first-order valence-electron chi connectivity index (χ1n) is 12.2. The number of carbonyl (C=O) groups is 2. The second-order valence-electron chi connectivity index (χ2n) is 9.67. The fourth-order valence-corrected chi connectivity index (χ4v) is 5.09. The monoisotopic (exact) mass is 510 g/mol. The number of carbonyl (C=O) groups excluding carboxylic acids is 2. The van der Waals surface area contributed by atoms with Gasteiger partial charge in [-0.05, 0) is 25.1 Å². The van der Waals surface area contributed by atoms with E-state index in [0.29, 0.717) is 50.5 Å². The second-order valence-corrected chi connectivity index (χ2v) is 9.67. The molecule has 3 aromatic rings. The molecule has 3 heterocycles. The zero-order valence-corrected chi connectivity index (χ0v) is 20.5. The van der Waals surface area contributed by atoms with Crippen molar-refractivity contribution >= 4 is 17.4 Å². The van der Waals surface area contributed by atoms with Gasteiger partial charge < -0.3 is 10.0 Å². The Labute approximate surface area is 212 Å². The minimum atomic E-state index is -1.65. The molecule has 1 fully saturated rings. The number of aliphatic hydroxyl groups is 1. The highest BCUT2D eigenvalue weighted by atomic mass is 19.1.